The molecule has 1 fully saturated rings. The molecule has 116 valence electrons. The highest BCUT2D eigenvalue weighted by molar-refractivity contribution is 7.88. The van der Waals surface area contributed by atoms with Crippen molar-refractivity contribution >= 4 is 33.2 Å². The van der Waals surface area contributed by atoms with Crippen LogP contribution in [0.15, 0.2) is 18.2 Å². The highest BCUT2D eigenvalue weighted by atomic mass is 35.5. The lowest BCUT2D eigenvalue weighted by molar-refractivity contribution is 0.0703. The number of rotatable bonds is 3. The smallest absolute Gasteiger partial charge is 0.254 e. The number of carbonyl (C=O) groups is 1. The number of nitrogens with two attached hydrogens (primary N) is 1. The lowest BCUT2D eigenvalue weighted by atomic mass is 10.1. The molecule has 0 saturated carbocycles. The van der Waals surface area contributed by atoms with Crippen molar-refractivity contribution in [3.63, 3.8) is 0 Å². The monoisotopic (exact) mass is 331 g/mol. The van der Waals surface area contributed by atoms with Crippen LogP contribution in [0.1, 0.15) is 23.2 Å². The number of amides is 1. The van der Waals surface area contributed by atoms with Crippen molar-refractivity contribution in [1.29, 1.82) is 0 Å². The fourth-order valence-corrected chi connectivity index (χ4v) is 3.52. The van der Waals surface area contributed by atoms with Gasteiger partial charge in [0.1, 0.15) is 0 Å². The Bertz CT molecular complexity index is 628. The number of anilines is 1. The quantitative estimate of drug-likeness (QED) is 0.810. The molecule has 2 rings (SSSR count). The van der Waals surface area contributed by atoms with Gasteiger partial charge in [-0.2, -0.15) is 0 Å². The van der Waals surface area contributed by atoms with Crippen LogP contribution in [-0.4, -0.2) is 44.6 Å². The predicted octanol–water partition coefficient (Wildman–Crippen LogP) is 1.08. The van der Waals surface area contributed by atoms with Crippen LogP contribution in [0.25, 0.3) is 0 Å². The minimum atomic E-state index is -3.28. The van der Waals surface area contributed by atoms with E-state index in [1.54, 1.807) is 23.1 Å². The zero-order valence-corrected chi connectivity index (χ0v) is 13.2. The van der Waals surface area contributed by atoms with Crippen molar-refractivity contribution in [2.24, 2.45) is 0 Å². The molecule has 21 heavy (non-hydrogen) atoms. The SMILES string of the molecule is CS(=O)(=O)NC1CCCN(C(=O)c2cc(N)cc(Cl)c2)C1. The van der Waals surface area contributed by atoms with E-state index in [9.17, 15) is 13.2 Å². The Morgan fingerprint density at radius 1 is 1.43 bits per heavy atom. The maximum atomic E-state index is 12.4. The molecule has 1 aromatic rings. The summed E-state index contributed by atoms with van der Waals surface area (Å²) < 4.78 is 25.1. The number of piperidine rings is 1. The van der Waals surface area contributed by atoms with Gasteiger partial charge in [0.25, 0.3) is 5.91 Å². The Morgan fingerprint density at radius 2 is 2.14 bits per heavy atom. The van der Waals surface area contributed by atoms with Gasteiger partial charge in [-0.3, -0.25) is 4.79 Å². The number of carbonyl (C=O) groups excluding carboxylic acids is 1. The van der Waals surface area contributed by atoms with Crippen LogP contribution < -0.4 is 10.5 Å². The van der Waals surface area contributed by atoms with Crippen LogP contribution in [0.3, 0.4) is 0 Å². The number of nitrogens with one attached hydrogen (secondary N) is 1. The Kier molecular flexibility index (Phi) is 4.75. The number of benzene rings is 1. The molecule has 1 heterocycles. The first-order chi connectivity index (χ1) is 9.74. The second-order valence-electron chi connectivity index (χ2n) is 5.25. The van der Waals surface area contributed by atoms with Gasteiger partial charge in [0.15, 0.2) is 0 Å². The highest BCUT2D eigenvalue weighted by Crippen LogP contribution is 2.20. The molecule has 0 radical (unpaired) electrons. The van der Waals surface area contributed by atoms with Crippen molar-refractivity contribution in [2.75, 3.05) is 25.1 Å². The number of sulfonamides is 1. The van der Waals surface area contributed by atoms with Crippen LogP contribution in [0.2, 0.25) is 5.02 Å². The minimum Gasteiger partial charge on any atom is -0.399 e. The van der Waals surface area contributed by atoms with Crippen LogP contribution in [-0.2, 0) is 10.0 Å². The van der Waals surface area contributed by atoms with Crippen molar-refractivity contribution < 1.29 is 13.2 Å². The third kappa shape index (κ3) is 4.59. The van der Waals surface area contributed by atoms with E-state index in [2.05, 4.69) is 4.72 Å². The first-order valence-electron chi connectivity index (χ1n) is 6.57. The molecule has 1 aliphatic rings. The summed E-state index contributed by atoms with van der Waals surface area (Å²) in [4.78, 5) is 14.1. The zero-order valence-electron chi connectivity index (χ0n) is 11.7. The molecule has 0 bridgehead atoms. The third-order valence-electron chi connectivity index (χ3n) is 3.26. The van der Waals surface area contributed by atoms with E-state index in [0.717, 1.165) is 12.7 Å². The van der Waals surface area contributed by atoms with Gasteiger partial charge >= 0.3 is 0 Å². The zero-order chi connectivity index (χ0) is 15.6. The maximum Gasteiger partial charge on any atom is 0.254 e. The highest BCUT2D eigenvalue weighted by Gasteiger charge is 2.26. The lowest BCUT2D eigenvalue weighted by Gasteiger charge is -2.32. The van der Waals surface area contributed by atoms with Gasteiger partial charge in [0, 0.05) is 35.4 Å². The lowest BCUT2D eigenvalue weighted by Crippen LogP contribution is -2.49. The maximum absolute atomic E-state index is 12.4. The molecule has 1 saturated heterocycles. The molecule has 8 heteroatoms. The average Bonchev–Trinajstić information content (AvgIpc) is 2.35. The normalized spacial score (nSPS) is 19.5. The molecule has 1 aromatic carbocycles. The second-order valence-corrected chi connectivity index (χ2v) is 7.47. The van der Waals surface area contributed by atoms with E-state index in [1.165, 1.54) is 0 Å². The van der Waals surface area contributed by atoms with E-state index in [4.69, 9.17) is 17.3 Å². The molecule has 1 aliphatic heterocycles. The van der Waals surface area contributed by atoms with Crippen LogP contribution in [0, 0.1) is 0 Å². The van der Waals surface area contributed by atoms with Crippen molar-refractivity contribution in [2.45, 2.75) is 18.9 Å². The summed E-state index contributed by atoms with van der Waals surface area (Å²) in [5, 5.41) is 0.404. The van der Waals surface area contributed by atoms with E-state index < -0.39 is 10.0 Å². The van der Waals surface area contributed by atoms with Gasteiger partial charge in [-0.15, -0.1) is 0 Å². The first kappa shape index (κ1) is 16.1. The van der Waals surface area contributed by atoms with Gasteiger partial charge in [-0.1, -0.05) is 11.6 Å². The standard InChI is InChI=1S/C13H18ClN3O3S/c1-21(19,20)16-12-3-2-4-17(8-12)13(18)9-5-10(14)7-11(15)6-9/h5-7,12,16H,2-4,8,15H2,1H3. The summed E-state index contributed by atoms with van der Waals surface area (Å²) in [6.07, 6.45) is 2.58. The predicted molar refractivity (Wildman–Crippen MR) is 82.8 cm³/mol. The van der Waals surface area contributed by atoms with Crippen LogP contribution in [0.4, 0.5) is 5.69 Å². The summed E-state index contributed by atoms with van der Waals surface area (Å²) in [7, 11) is -3.28. The molecular formula is C13H18ClN3O3S. The summed E-state index contributed by atoms with van der Waals surface area (Å²) in [5.74, 6) is -0.191. The van der Waals surface area contributed by atoms with Gasteiger partial charge < -0.3 is 10.6 Å². The first-order valence-corrected chi connectivity index (χ1v) is 8.84. The van der Waals surface area contributed by atoms with E-state index >= 15 is 0 Å². The Morgan fingerprint density at radius 3 is 2.76 bits per heavy atom. The van der Waals surface area contributed by atoms with Gasteiger partial charge in [-0.05, 0) is 31.0 Å². The number of nitrogen functional groups attached to an aromatic ring is 1. The molecule has 6 nitrogen and oxygen atoms in total. The fraction of sp³-hybridized carbons (Fsp3) is 0.462. The summed E-state index contributed by atoms with van der Waals surface area (Å²) in [5.41, 5.74) is 6.53. The van der Waals surface area contributed by atoms with Crippen molar-refractivity contribution in [1.82, 2.24) is 9.62 Å². The summed E-state index contributed by atoms with van der Waals surface area (Å²) in [6, 6.07) is 4.45. The van der Waals surface area contributed by atoms with E-state index in [-0.39, 0.29) is 11.9 Å². The number of nitrogens with zero attached hydrogens (tertiary/aromatic N) is 1. The number of hydrogen-bond acceptors (Lipinski definition) is 4. The fourth-order valence-electron chi connectivity index (χ4n) is 2.48. The third-order valence-corrected chi connectivity index (χ3v) is 4.24. The summed E-state index contributed by atoms with van der Waals surface area (Å²) in [6.45, 7) is 0.936. The van der Waals surface area contributed by atoms with Crippen LogP contribution in [0.5, 0.6) is 0 Å². The van der Waals surface area contributed by atoms with Crippen molar-refractivity contribution in [3.8, 4) is 0 Å². The van der Waals surface area contributed by atoms with E-state index in [0.29, 0.717) is 35.8 Å². The summed E-state index contributed by atoms with van der Waals surface area (Å²) >= 11 is 5.91. The number of halogens is 1. The average molecular weight is 332 g/mol. The molecule has 0 aliphatic carbocycles. The Labute approximate surface area is 129 Å². The largest absolute Gasteiger partial charge is 0.399 e. The van der Waals surface area contributed by atoms with Crippen molar-refractivity contribution in [3.05, 3.63) is 28.8 Å². The van der Waals surface area contributed by atoms with Gasteiger partial charge in [-0.25, -0.2) is 13.1 Å². The van der Waals surface area contributed by atoms with Crippen LogP contribution >= 0.6 is 11.6 Å². The molecule has 1 unspecified atom stereocenters. The second kappa shape index (κ2) is 6.21. The molecule has 0 aromatic heterocycles. The van der Waals surface area contributed by atoms with Gasteiger partial charge in [0.2, 0.25) is 10.0 Å². The number of likely N-dealkylation sites (tertiary alicyclic amines) is 1. The molecule has 1 amide bonds. The Hall–Kier alpha value is -1.31. The van der Waals surface area contributed by atoms with E-state index in [1.807, 2.05) is 0 Å². The molecule has 0 spiro atoms. The van der Waals surface area contributed by atoms with Gasteiger partial charge in [0.05, 0.1) is 6.26 Å². The molecular weight excluding hydrogens is 314 g/mol. The minimum absolute atomic E-state index is 0.191. The Balaban J connectivity index is 2.12. The molecule has 3 N–H and O–H groups in total. The molecule has 1 atom stereocenters. The number of hydrogen-bond donors (Lipinski definition) is 2. The topological polar surface area (TPSA) is 92.5 Å².